The van der Waals surface area contributed by atoms with E-state index in [0.29, 0.717) is 0 Å². The van der Waals surface area contributed by atoms with Gasteiger partial charge in [-0.15, -0.1) is 0 Å². The van der Waals surface area contributed by atoms with Gasteiger partial charge in [0.1, 0.15) is 0 Å². The number of hydrogen-bond acceptors (Lipinski definition) is 2. The number of carbonyl (C=O) groups is 1. The van der Waals surface area contributed by atoms with Gasteiger partial charge in [0.25, 0.3) is 0 Å². The molecule has 0 fully saturated rings. The van der Waals surface area contributed by atoms with Crippen LogP contribution in [0.1, 0.15) is 5.56 Å². The first-order chi connectivity index (χ1) is 8.29. The molecule has 0 radical (unpaired) electrons. The van der Waals surface area contributed by atoms with Crippen molar-refractivity contribution in [2.45, 2.75) is 17.2 Å². The van der Waals surface area contributed by atoms with Gasteiger partial charge in [-0.2, -0.15) is 13.2 Å². The molecule has 0 saturated carbocycles. The van der Waals surface area contributed by atoms with E-state index in [1.165, 1.54) is 19.0 Å². The molecule has 0 bridgehead atoms. The maximum absolute atomic E-state index is 12.4. The maximum atomic E-state index is 12.4. The van der Waals surface area contributed by atoms with Gasteiger partial charge in [0.15, 0.2) is 0 Å². The fraction of sp³-hybridized carbons (Fsp3) is 0.417. The van der Waals surface area contributed by atoms with Gasteiger partial charge in [-0.1, -0.05) is 30.3 Å². The summed E-state index contributed by atoms with van der Waals surface area (Å²) in [6.07, 6.45) is 0.0715. The zero-order chi connectivity index (χ0) is 13.8. The molecule has 0 aromatic heterocycles. The summed E-state index contributed by atoms with van der Waals surface area (Å²) in [7, 11) is 2.91. The number of thioether (sulfide) groups is 1. The Morgan fingerprint density at radius 3 is 2.28 bits per heavy atom. The SMILES string of the molecule is CN(C)C(=O)C(Cc1ccccc1)SC(F)(F)F. The van der Waals surface area contributed by atoms with Crippen LogP contribution in [0.25, 0.3) is 0 Å². The largest absolute Gasteiger partial charge is 0.442 e. The van der Waals surface area contributed by atoms with Crippen LogP contribution in [0.15, 0.2) is 30.3 Å². The molecule has 0 spiro atoms. The normalized spacial score (nSPS) is 13.2. The van der Waals surface area contributed by atoms with Crippen LogP contribution in [-0.2, 0) is 11.2 Å². The zero-order valence-corrected chi connectivity index (χ0v) is 10.9. The lowest BCUT2D eigenvalue weighted by Gasteiger charge is -2.21. The van der Waals surface area contributed by atoms with Crippen LogP contribution >= 0.6 is 11.8 Å². The lowest BCUT2D eigenvalue weighted by molar-refractivity contribution is -0.128. The van der Waals surface area contributed by atoms with E-state index in [0.717, 1.165) is 5.56 Å². The van der Waals surface area contributed by atoms with Crippen molar-refractivity contribution >= 4 is 17.7 Å². The molecular weight excluding hydrogens is 263 g/mol. The highest BCUT2D eigenvalue weighted by atomic mass is 32.2. The number of nitrogens with zero attached hydrogens (tertiary/aromatic N) is 1. The molecule has 0 aliphatic rings. The Hall–Kier alpha value is -1.17. The molecular formula is C12H14F3NOS. The first kappa shape index (κ1) is 14.9. The highest BCUT2D eigenvalue weighted by Gasteiger charge is 2.36. The highest BCUT2D eigenvalue weighted by molar-refractivity contribution is 8.01. The molecule has 1 aromatic rings. The average molecular weight is 277 g/mol. The van der Waals surface area contributed by atoms with Gasteiger partial charge in [0.2, 0.25) is 5.91 Å². The fourth-order valence-corrected chi connectivity index (χ4v) is 2.37. The molecule has 1 rings (SSSR count). The van der Waals surface area contributed by atoms with E-state index in [9.17, 15) is 18.0 Å². The van der Waals surface area contributed by atoms with Gasteiger partial charge < -0.3 is 4.90 Å². The fourth-order valence-electron chi connectivity index (χ4n) is 1.46. The van der Waals surface area contributed by atoms with Gasteiger partial charge in [-0.3, -0.25) is 4.79 Å². The van der Waals surface area contributed by atoms with Gasteiger partial charge >= 0.3 is 5.51 Å². The molecule has 100 valence electrons. The minimum Gasteiger partial charge on any atom is -0.348 e. The van der Waals surface area contributed by atoms with E-state index < -0.39 is 16.7 Å². The summed E-state index contributed by atoms with van der Waals surface area (Å²) in [5, 5.41) is -1.14. The Balaban J connectivity index is 2.81. The quantitative estimate of drug-likeness (QED) is 0.843. The third kappa shape index (κ3) is 5.00. The van der Waals surface area contributed by atoms with E-state index in [2.05, 4.69) is 0 Å². The van der Waals surface area contributed by atoms with E-state index >= 15 is 0 Å². The monoisotopic (exact) mass is 277 g/mol. The second-order valence-corrected chi connectivity index (χ2v) is 5.24. The Morgan fingerprint density at radius 2 is 1.83 bits per heavy atom. The first-order valence-electron chi connectivity index (χ1n) is 5.29. The summed E-state index contributed by atoms with van der Waals surface area (Å²) < 4.78 is 37.3. The lowest BCUT2D eigenvalue weighted by atomic mass is 10.1. The van der Waals surface area contributed by atoms with Crippen molar-refractivity contribution in [3.05, 3.63) is 35.9 Å². The molecule has 6 heteroatoms. The Morgan fingerprint density at radius 1 is 1.28 bits per heavy atom. The molecule has 0 saturated heterocycles. The smallest absolute Gasteiger partial charge is 0.348 e. The summed E-state index contributed by atoms with van der Waals surface area (Å²) in [4.78, 5) is 12.9. The zero-order valence-electron chi connectivity index (χ0n) is 10.1. The number of carbonyl (C=O) groups excluding carboxylic acids is 1. The summed E-state index contributed by atoms with van der Waals surface area (Å²) in [6.45, 7) is 0. The molecule has 0 N–H and O–H groups in total. The van der Waals surface area contributed by atoms with Crippen LogP contribution < -0.4 is 0 Å². The second-order valence-electron chi connectivity index (χ2n) is 3.97. The number of alkyl halides is 3. The van der Waals surface area contributed by atoms with Gasteiger partial charge in [-0.05, 0) is 23.7 Å². The Kier molecular flexibility index (Phi) is 5.07. The predicted molar refractivity (Wildman–Crippen MR) is 66.3 cm³/mol. The van der Waals surface area contributed by atoms with Crippen molar-refractivity contribution < 1.29 is 18.0 Å². The molecule has 1 atom stereocenters. The average Bonchev–Trinajstić information content (AvgIpc) is 2.26. The molecule has 0 aliphatic carbocycles. The molecule has 18 heavy (non-hydrogen) atoms. The van der Waals surface area contributed by atoms with E-state index in [-0.39, 0.29) is 18.2 Å². The number of hydrogen-bond donors (Lipinski definition) is 0. The molecule has 0 aliphatic heterocycles. The van der Waals surface area contributed by atoms with E-state index in [4.69, 9.17) is 0 Å². The number of amides is 1. The van der Waals surface area contributed by atoms with Crippen molar-refractivity contribution in [3.63, 3.8) is 0 Å². The highest BCUT2D eigenvalue weighted by Crippen LogP contribution is 2.35. The molecule has 0 heterocycles. The molecule has 1 aromatic carbocycles. The minimum atomic E-state index is -4.41. The predicted octanol–water partition coefficient (Wildman–Crippen LogP) is 2.94. The molecule has 1 unspecified atom stereocenters. The Labute approximate surface area is 108 Å². The van der Waals surface area contributed by atoms with Crippen LogP contribution in [-0.4, -0.2) is 35.7 Å². The number of halogens is 3. The standard InChI is InChI=1S/C12H14F3NOS/c1-16(2)11(17)10(18-12(13,14)15)8-9-6-4-3-5-7-9/h3-7,10H,8H2,1-2H3. The van der Waals surface area contributed by atoms with Crippen molar-refractivity contribution in [1.29, 1.82) is 0 Å². The summed E-state index contributed by atoms with van der Waals surface area (Å²) >= 11 is -0.258. The van der Waals surface area contributed by atoms with Crippen LogP contribution in [0.3, 0.4) is 0 Å². The van der Waals surface area contributed by atoms with Crippen LogP contribution in [0.4, 0.5) is 13.2 Å². The van der Waals surface area contributed by atoms with Crippen LogP contribution in [0.2, 0.25) is 0 Å². The van der Waals surface area contributed by atoms with Crippen molar-refractivity contribution in [2.75, 3.05) is 14.1 Å². The summed E-state index contributed by atoms with van der Waals surface area (Å²) in [5.74, 6) is -0.527. The summed E-state index contributed by atoms with van der Waals surface area (Å²) in [6, 6.07) is 8.69. The van der Waals surface area contributed by atoms with Gasteiger partial charge in [0, 0.05) is 14.1 Å². The Bertz CT molecular complexity index is 392. The third-order valence-electron chi connectivity index (χ3n) is 2.26. The first-order valence-corrected chi connectivity index (χ1v) is 6.17. The van der Waals surface area contributed by atoms with Crippen molar-refractivity contribution in [3.8, 4) is 0 Å². The lowest BCUT2D eigenvalue weighted by Crippen LogP contribution is -2.34. The van der Waals surface area contributed by atoms with Crippen LogP contribution in [0.5, 0.6) is 0 Å². The van der Waals surface area contributed by atoms with E-state index in [1.807, 2.05) is 0 Å². The third-order valence-corrected chi connectivity index (χ3v) is 3.18. The van der Waals surface area contributed by atoms with Crippen molar-refractivity contribution in [2.24, 2.45) is 0 Å². The minimum absolute atomic E-state index is 0.0715. The van der Waals surface area contributed by atoms with Gasteiger partial charge in [-0.25, -0.2) is 0 Å². The molecule has 2 nitrogen and oxygen atoms in total. The number of benzene rings is 1. The second kappa shape index (κ2) is 6.13. The number of rotatable bonds is 4. The topological polar surface area (TPSA) is 20.3 Å². The van der Waals surface area contributed by atoms with E-state index in [1.54, 1.807) is 30.3 Å². The maximum Gasteiger partial charge on any atom is 0.442 e. The van der Waals surface area contributed by atoms with Gasteiger partial charge in [0.05, 0.1) is 5.25 Å². The van der Waals surface area contributed by atoms with Crippen LogP contribution in [0, 0.1) is 0 Å². The van der Waals surface area contributed by atoms with Crippen molar-refractivity contribution in [1.82, 2.24) is 4.90 Å². The summed E-state index contributed by atoms with van der Waals surface area (Å²) in [5.41, 5.74) is -3.69. The molecule has 1 amide bonds.